The third-order valence-corrected chi connectivity index (χ3v) is 7.50. The fraction of sp³-hybridized carbons (Fsp3) is 0.258. The number of tetrazole rings is 1. The fourth-order valence-corrected chi connectivity index (χ4v) is 5.39. The van der Waals surface area contributed by atoms with Crippen LogP contribution >= 0.6 is 0 Å². The first-order chi connectivity index (χ1) is 19.2. The minimum absolute atomic E-state index is 0.649. The normalized spacial score (nSPS) is 13.3. The van der Waals surface area contributed by atoms with Crippen molar-refractivity contribution in [3.8, 4) is 34.3 Å². The molecule has 0 saturated heterocycles. The molecule has 0 bridgehead atoms. The molecule has 1 aliphatic rings. The molecule has 0 radical (unpaired) electrons. The number of ether oxygens (including phenoxy) is 3. The van der Waals surface area contributed by atoms with Gasteiger partial charge in [-0.15, -0.1) is 5.10 Å². The van der Waals surface area contributed by atoms with E-state index in [0.29, 0.717) is 5.82 Å². The summed E-state index contributed by atoms with van der Waals surface area (Å²) in [6, 6.07) is 24.9. The Labute approximate surface area is 227 Å². The van der Waals surface area contributed by atoms with Crippen LogP contribution in [-0.4, -0.2) is 59.5 Å². The summed E-state index contributed by atoms with van der Waals surface area (Å²) >= 11 is 0. The summed E-state index contributed by atoms with van der Waals surface area (Å²) in [6.07, 6.45) is 1.97. The summed E-state index contributed by atoms with van der Waals surface area (Å²) < 4.78 is 18.5. The molecule has 0 unspecified atom stereocenters. The van der Waals surface area contributed by atoms with E-state index in [-0.39, 0.29) is 0 Å². The SMILES string of the molecule is COc1cc2c(cc1OC)CN(CCc1ccc(-n3nnnc3-c3c(OC)ccc4ccccc34)cc1)CC2. The zero-order valence-electron chi connectivity index (χ0n) is 22.4. The molecule has 1 aromatic heterocycles. The third kappa shape index (κ3) is 4.79. The van der Waals surface area contributed by atoms with Gasteiger partial charge in [-0.3, -0.25) is 4.90 Å². The van der Waals surface area contributed by atoms with Crippen molar-refractivity contribution in [1.29, 1.82) is 0 Å². The van der Waals surface area contributed by atoms with Crippen molar-refractivity contribution >= 4 is 10.8 Å². The van der Waals surface area contributed by atoms with Gasteiger partial charge in [0.2, 0.25) is 0 Å². The average Bonchev–Trinajstić information content (AvgIpc) is 3.48. The number of rotatable bonds is 8. The van der Waals surface area contributed by atoms with E-state index in [2.05, 4.69) is 75.0 Å². The van der Waals surface area contributed by atoms with Gasteiger partial charge < -0.3 is 14.2 Å². The smallest absolute Gasteiger partial charge is 0.191 e. The average molecular weight is 522 g/mol. The Morgan fingerprint density at radius 1 is 0.795 bits per heavy atom. The molecule has 4 aromatic carbocycles. The van der Waals surface area contributed by atoms with E-state index >= 15 is 0 Å². The van der Waals surface area contributed by atoms with E-state index in [1.54, 1.807) is 26.0 Å². The van der Waals surface area contributed by atoms with Crippen LogP contribution in [0, 0.1) is 0 Å². The van der Waals surface area contributed by atoms with Crippen LogP contribution in [0.25, 0.3) is 27.8 Å². The van der Waals surface area contributed by atoms with Crippen LogP contribution in [0.15, 0.2) is 72.8 Å². The zero-order chi connectivity index (χ0) is 26.8. The van der Waals surface area contributed by atoms with Crippen molar-refractivity contribution in [3.05, 3.63) is 89.5 Å². The summed E-state index contributed by atoms with van der Waals surface area (Å²) in [5, 5.41) is 14.9. The Morgan fingerprint density at radius 3 is 2.31 bits per heavy atom. The van der Waals surface area contributed by atoms with Gasteiger partial charge in [-0.2, -0.15) is 4.68 Å². The first kappa shape index (κ1) is 24.9. The van der Waals surface area contributed by atoms with Gasteiger partial charge in [0.1, 0.15) is 5.75 Å². The Hall–Kier alpha value is -4.43. The molecule has 8 heteroatoms. The number of aromatic nitrogens is 4. The molecular weight excluding hydrogens is 490 g/mol. The van der Waals surface area contributed by atoms with Crippen LogP contribution in [0.2, 0.25) is 0 Å². The van der Waals surface area contributed by atoms with Crippen molar-refractivity contribution in [2.45, 2.75) is 19.4 Å². The monoisotopic (exact) mass is 521 g/mol. The summed E-state index contributed by atoms with van der Waals surface area (Å²) in [7, 11) is 5.04. The first-order valence-electron chi connectivity index (χ1n) is 13.1. The number of benzene rings is 4. The van der Waals surface area contributed by atoms with E-state index < -0.39 is 0 Å². The second kappa shape index (κ2) is 10.7. The molecule has 2 heterocycles. The Balaban J connectivity index is 1.19. The van der Waals surface area contributed by atoms with Crippen LogP contribution in [0.3, 0.4) is 0 Å². The van der Waals surface area contributed by atoms with E-state index in [9.17, 15) is 0 Å². The van der Waals surface area contributed by atoms with Crippen LogP contribution < -0.4 is 14.2 Å². The maximum atomic E-state index is 5.70. The minimum Gasteiger partial charge on any atom is -0.496 e. The second-order valence-electron chi connectivity index (χ2n) is 9.70. The van der Waals surface area contributed by atoms with E-state index in [4.69, 9.17) is 14.2 Å². The highest BCUT2D eigenvalue weighted by Crippen LogP contribution is 2.36. The molecule has 1 aliphatic heterocycles. The van der Waals surface area contributed by atoms with Crippen molar-refractivity contribution in [2.75, 3.05) is 34.4 Å². The Bertz CT molecular complexity index is 1610. The molecule has 0 saturated carbocycles. The summed E-state index contributed by atoms with van der Waals surface area (Å²) in [5.74, 6) is 2.97. The number of fused-ring (bicyclic) bond motifs is 2. The largest absolute Gasteiger partial charge is 0.496 e. The maximum Gasteiger partial charge on any atom is 0.191 e. The minimum atomic E-state index is 0.649. The predicted molar refractivity (Wildman–Crippen MR) is 151 cm³/mol. The zero-order valence-corrected chi connectivity index (χ0v) is 22.4. The van der Waals surface area contributed by atoms with Crippen molar-refractivity contribution < 1.29 is 14.2 Å². The lowest BCUT2D eigenvalue weighted by atomic mass is 9.98. The van der Waals surface area contributed by atoms with Gasteiger partial charge in [-0.1, -0.05) is 42.5 Å². The van der Waals surface area contributed by atoms with Gasteiger partial charge in [0.15, 0.2) is 17.3 Å². The lowest BCUT2D eigenvalue weighted by molar-refractivity contribution is 0.255. The van der Waals surface area contributed by atoms with Crippen molar-refractivity contribution in [3.63, 3.8) is 0 Å². The lowest BCUT2D eigenvalue weighted by Crippen LogP contribution is -2.32. The van der Waals surface area contributed by atoms with Crippen LogP contribution in [0.4, 0.5) is 0 Å². The first-order valence-corrected chi connectivity index (χ1v) is 13.1. The maximum absolute atomic E-state index is 5.70. The summed E-state index contributed by atoms with van der Waals surface area (Å²) in [5.41, 5.74) is 5.71. The van der Waals surface area contributed by atoms with E-state index in [0.717, 1.165) is 71.7 Å². The molecule has 6 rings (SSSR count). The standard InChI is InChI=1S/C31H31N5O3/c1-37-27-13-10-22-6-4-5-7-26(22)30(27)31-32-33-34-36(31)25-11-8-21(9-12-25)14-16-35-17-15-23-18-28(38-2)29(39-3)19-24(23)20-35/h4-13,18-19H,14-17,20H2,1-3H3. The highest BCUT2D eigenvalue weighted by atomic mass is 16.5. The van der Waals surface area contributed by atoms with Gasteiger partial charge in [0.05, 0.1) is 32.6 Å². The molecule has 0 spiro atoms. The molecule has 0 amide bonds. The van der Waals surface area contributed by atoms with Gasteiger partial charge in [0.25, 0.3) is 0 Å². The number of hydrogen-bond donors (Lipinski definition) is 0. The van der Waals surface area contributed by atoms with Gasteiger partial charge in [-0.05, 0) is 81.1 Å². The molecule has 0 atom stereocenters. The van der Waals surface area contributed by atoms with Crippen LogP contribution in [-0.2, 0) is 19.4 Å². The highest BCUT2D eigenvalue weighted by molar-refractivity contribution is 5.98. The van der Waals surface area contributed by atoms with Crippen molar-refractivity contribution in [2.24, 2.45) is 0 Å². The molecular formula is C31H31N5O3. The van der Waals surface area contributed by atoms with Crippen LogP contribution in [0.5, 0.6) is 17.2 Å². The Morgan fingerprint density at radius 2 is 1.54 bits per heavy atom. The second-order valence-corrected chi connectivity index (χ2v) is 9.70. The van der Waals surface area contributed by atoms with Gasteiger partial charge >= 0.3 is 0 Å². The Kier molecular flexibility index (Phi) is 6.85. The van der Waals surface area contributed by atoms with E-state index in [1.165, 1.54) is 16.7 Å². The van der Waals surface area contributed by atoms with Crippen molar-refractivity contribution in [1.82, 2.24) is 25.1 Å². The number of nitrogens with zero attached hydrogens (tertiary/aromatic N) is 5. The molecule has 8 nitrogen and oxygen atoms in total. The summed E-state index contributed by atoms with van der Waals surface area (Å²) in [4.78, 5) is 2.49. The molecule has 0 N–H and O–H groups in total. The quantitative estimate of drug-likeness (QED) is 0.281. The molecule has 39 heavy (non-hydrogen) atoms. The molecule has 198 valence electrons. The molecule has 0 aliphatic carbocycles. The van der Waals surface area contributed by atoms with E-state index in [1.807, 2.05) is 18.2 Å². The van der Waals surface area contributed by atoms with Crippen LogP contribution in [0.1, 0.15) is 16.7 Å². The third-order valence-electron chi connectivity index (χ3n) is 7.50. The van der Waals surface area contributed by atoms with Gasteiger partial charge in [-0.25, -0.2) is 0 Å². The molecule has 0 fully saturated rings. The van der Waals surface area contributed by atoms with Gasteiger partial charge in [0, 0.05) is 19.6 Å². The fourth-order valence-electron chi connectivity index (χ4n) is 5.39. The predicted octanol–water partition coefficient (Wildman–Crippen LogP) is 5.11. The summed E-state index contributed by atoms with van der Waals surface area (Å²) in [6.45, 7) is 2.92. The number of methoxy groups -OCH3 is 3. The number of hydrogen-bond acceptors (Lipinski definition) is 7. The highest BCUT2D eigenvalue weighted by Gasteiger charge is 2.20. The topological polar surface area (TPSA) is 74.5 Å². The lowest BCUT2D eigenvalue weighted by Gasteiger charge is -2.29. The molecule has 5 aromatic rings.